The van der Waals surface area contributed by atoms with Gasteiger partial charge in [-0.2, -0.15) is 0 Å². The first-order valence-electron chi connectivity index (χ1n) is 8.51. The van der Waals surface area contributed by atoms with Gasteiger partial charge in [0.2, 0.25) is 5.78 Å². The van der Waals surface area contributed by atoms with E-state index in [1.807, 2.05) is 31.2 Å². The van der Waals surface area contributed by atoms with E-state index < -0.39 is 12.1 Å². The molecule has 0 spiro atoms. The Morgan fingerprint density at radius 3 is 2.59 bits per heavy atom. The van der Waals surface area contributed by atoms with E-state index in [0.29, 0.717) is 17.9 Å². The van der Waals surface area contributed by atoms with Gasteiger partial charge in [0.15, 0.2) is 10.4 Å². The number of rotatable bonds is 8. The van der Waals surface area contributed by atoms with Crippen molar-refractivity contribution in [2.24, 2.45) is 0 Å². The monoisotopic (exact) mass is 401 g/mol. The average molecular weight is 402 g/mol. The van der Waals surface area contributed by atoms with E-state index in [0.717, 1.165) is 14.6 Å². The molecule has 3 aromatic rings. The molecule has 0 bridgehead atoms. The summed E-state index contributed by atoms with van der Waals surface area (Å²) in [6.45, 7) is 4.04. The predicted octanol–water partition coefficient (Wildman–Crippen LogP) is 4.60. The molecule has 2 aromatic carbocycles. The third-order valence-corrected chi connectivity index (χ3v) is 5.87. The highest BCUT2D eigenvalue weighted by Gasteiger charge is 2.20. The zero-order valence-electron chi connectivity index (χ0n) is 15.0. The van der Waals surface area contributed by atoms with Crippen LogP contribution >= 0.6 is 23.1 Å². The van der Waals surface area contributed by atoms with Crippen LogP contribution in [0, 0.1) is 0 Å². The first-order chi connectivity index (χ1) is 13.1. The van der Waals surface area contributed by atoms with Crippen LogP contribution in [0.2, 0.25) is 0 Å². The Hall–Kier alpha value is -2.38. The van der Waals surface area contributed by atoms with Crippen LogP contribution in [0.1, 0.15) is 24.2 Å². The van der Waals surface area contributed by atoms with E-state index in [-0.39, 0.29) is 11.5 Å². The van der Waals surface area contributed by atoms with Gasteiger partial charge in [0, 0.05) is 5.56 Å². The highest BCUT2D eigenvalue weighted by molar-refractivity contribution is 8.01. The molecule has 1 heterocycles. The van der Waals surface area contributed by atoms with Crippen molar-refractivity contribution in [2.45, 2.75) is 24.3 Å². The van der Waals surface area contributed by atoms with Crippen LogP contribution in [0.4, 0.5) is 0 Å². The molecule has 0 aliphatic carbocycles. The minimum atomic E-state index is -0.841. The van der Waals surface area contributed by atoms with Crippen LogP contribution < -0.4 is 4.74 Å². The molecule has 3 rings (SSSR count). The van der Waals surface area contributed by atoms with Crippen molar-refractivity contribution in [1.82, 2.24) is 4.98 Å². The number of hydrogen-bond donors (Lipinski definition) is 0. The van der Waals surface area contributed by atoms with Crippen LogP contribution in [0.15, 0.2) is 52.9 Å². The fourth-order valence-corrected chi connectivity index (χ4v) is 4.29. The smallest absolute Gasteiger partial charge is 0.317 e. The van der Waals surface area contributed by atoms with E-state index in [1.165, 1.54) is 23.1 Å². The van der Waals surface area contributed by atoms with Gasteiger partial charge in [0.1, 0.15) is 5.75 Å². The second-order valence-electron chi connectivity index (χ2n) is 5.69. The average Bonchev–Trinajstić information content (AvgIpc) is 3.09. The maximum Gasteiger partial charge on any atom is 0.317 e. The number of benzene rings is 2. The molecule has 1 aromatic heterocycles. The maximum atomic E-state index is 12.4. The first kappa shape index (κ1) is 19.4. The van der Waals surface area contributed by atoms with Crippen LogP contribution in [0.5, 0.6) is 5.75 Å². The summed E-state index contributed by atoms with van der Waals surface area (Å²) in [6.07, 6.45) is -0.841. The Balaban J connectivity index is 1.52. The zero-order valence-corrected chi connectivity index (χ0v) is 16.6. The van der Waals surface area contributed by atoms with E-state index in [9.17, 15) is 9.59 Å². The molecule has 0 amide bonds. The summed E-state index contributed by atoms with van der Waals surface area (Å²) < 4.78 is 12.5. The van der Waals surface area contributed by atoms with E-state index in [4.69, 9.17) is 9.47 Å². The molecule has 5 nitrogen and oxygen atoms in total. The summed E-state index contributed by atoms with van der Waals surface area (Å²) in [5.41, 5.74) is 1.40. The van der Waals surface area contributed by atoms with Gasteiger partial charge in [0.05, 0.1) is 22.6 Å². The first-order valence-corrected chi connectivity index (χ1v) is 10.3. The van der Waals surface area contributed by atoms with Crippen LogP contribution in [0.3, 0.4) is 0 Å². The molecule has 7 heteroatoms. The Labute approximate surface area is 165 Å². The van der Waals surface area contributed by atoms with Gasteiger partial charge >= 0.3 is 5.97 Å². The van der Waals surface area contributed by atoms with Crippen molar-refractivity contribution in [3.8, 4) is 5.75 Å². The van der Waals surface area contributed by atoms with Crippen LogP contribution in [-0.2, 0) is 9.53 Å². The molecule has 0 aliphatic rings. The van der Waals surface area contributed by atoms with Gasteiger partial charge in [-0.05, 0) is 50.2 Å². The summed E-state index contributed by atoms with van der Waals surface area (Å²) in [5.74, 6) is 0.133. The number of aromatic nitrogens is 1. The van der Waals surface area contributed by atoms with Crippen molar-refractivity contribution < 1.29 is 19.1 Å². The van der Waals surface area contributed by atoms with Crippen LogP contribution in [-0.4, -0.2) is 35.2 Å². The number of fused-ring (bicyclic) bond motifs is 1. The third-order valence-electron chi connectivity index (χ3n) is 3.72. The van der Waals surface area contributed by atoms with E-state index in [2.05, 4.69) is 4.98 Å². The normalized spacial score (nSPS) is 11.9. The second kappa shape index (κ2) is 9.01. The molecule has 0 unspecified atom stereocenters. The van der Waals surface area contributed by atoms with E-state index >= 15 is 0 Å². The molecule has 0 saturated carbocycles. The molecule has 0 fully saturated rings. The Bertz CT molecular complexity index is 904. The molecule has 27 heavy (non-hydrogen) atoms. The quantitative estimate of drug-likeness (QED) is 0.312. The lowest BCUT2D eigenvalue weighted by atomic mass is 10.1. The number of ketones is 1. The van der Waals surface area contributed by atoms with Gasteiger partial charge < -0.3 is 9.47 Å². The topological polar surface area (TPSA) is 65.5 Å². The highest BCUT2D eigenvalue weighted by atomic mass is 32.2. The number of para-hydroxylation sites is 1. The summed E-state index contributed by atoms with van der Waals surface area (Å²) in [4.78, 5) is 28.9. The molecule has 0 radical (unpaired) electrons. The zero-order chi connectivity index (χ0) is 19.2. The molecular weight excluding hydrogens is 382 g/mol. The Morgan fingerprint density at radius 1 is 1.15 bits per heavy atom. The summed E-state index contributed by atoms with van der Waals surface area (Å²) in [5, 5.41) is 0. The van der Waals surface area contributed by atoms with Gasteiger partial charge in [0.25, 0.3) is 0 Å². The minimum absolute atomic E-state index is 0.112. The lowest BCUT2D eigenvalue weighted by Gasteiger charge is -2.12. The molecule has 0 aliphatic heterocycles. The van der Waals surface area contributed by atoms with Crippen molar-refractivity contribution in [3.63, 3.8) is 0 Å². The lowest BCUT2D eigenvalue weighted by molar-refractivity contribution is -0.143. The van der Waals surface area contributed by atoms with Crippen molar-refractivity contribution in [2.75, 3.05) is 12.4 Å². The number of carbonyl (C=O) groups is 2. The third kappa shape index (κ3) is 5.08. The molecule has 1 atom stereocenters. The maximum absolute atomic E-state index is 12.4. The number of esters is 1. The number of hydrogen-bond acceptors (Lipinski definition) is 7. The second-order valence-corrected chi connectivity index (χ2v) is 7.94. The molecule has 0 saturated heterocycles. The number of ether oxygens (including phenoxy) is 2. The van der Waals surface area contributed by atoms with Crippen LogP contribution in [0.25, 0.3) is 10.2 Å². The number of thioether (sulfide) groups is 1. The van der Waals surface area contributed by atoms with Gasteiger partial charge in [-0.25, -0.2) is 4.98 Å². The van der Waals surface area contributed by atoms with Crippen molar-refractivity contribution in [3.05, 3.63) is 54.1 Å². The molecule has 140 valence electrons. The highest BCUT2D eigenvalue weighted by Crippen LogP contribution is 2.29. The standard InChI is InChI=1S/C20H19NO4S2/c1-3-24-15-10-8-14(9-11-15)19(23)13(2)25-18(22)12-26-20-21-16-6-4-5-7-17(16)27-20/h4-11,13H,3,12H2,1-2H3/t13-/m1/s1. The van der Waals surface area contributed by atoms with Gasteiger partial charge in [-0.3, -0.25) is 9.59 Å². The fraction of sp³-hybridized carbons (Fsp3) is 0.250. The summed E-state index contributed by atoms with van der Waals surface area (Å²) in [7, 11) is 0. The fourth-order valence-electron chi connectivity index (χ4n) is 2.43. The largest absolute Gasteiger partial charge is 0.494 e. The summed E-state index contributed by atoms with van der Waals surface area (Å²) >= 11 is 2.85. The summed E-state index contributed by atoms with van der Waals surface area (Å²) in [6, 6.07) is 14.6. The van der Waals surface area contributed by atoms with Crippen molar-refractivity contribution >= 4 is 45.1 Å². The molecular formula is C20H19NO4S2. The SMILES string of the molecule is CCOc1ccc(C(=O)[C@@H](C)OC(=O)CSc2nc3ccccc3s2)cc1. The van der Waals surface area contributed by atoms with E-state index in [1.54, 1.807) is 31.2 Å². The van der Waals surface area contributed by atoms with Crippen molar-refractivity contribution in [1.29, 1.82) is 0 Å². The number of thiazole rings is 1. The van der Waals surface area contributed by atoms with Gasteiger partial charge in [-0.1, -0.05) is 23.9 Å². The number of carbonyl (C=O) groups excluding carboxylic acids is 2. The predicted molar refractivity (Wildman–Crippen MR) is 108 cm³/mol. The number of nitrogens with zero attached hydrogens (tertiary/aromatic N) is 1. The molecule has 0 N–H and O–H groups in total. The Kier molecular flexibility index (Phi) is 6.47. The Morgan fingerprint density at radius 2 is 1.89 bits per heavy atom. The number of Topliss-reactive ketones (excluding diaryl/α,β-unsaturated/α-hetero) is 1. The lowest BCUT2D eigenvalue weighted by Crippen LogP contribution is -2.25. The van der Waals surface area contributed by atoms with Gasteiger partial charge in [-0.15, -0.1) is 11.3 Å². The minimum Gasteiger partial charge on any atom is -0.494 e.